The zero-order valence-corrected chi connectivity index (χ0v) is 12.5. The van der Waals surface area contributed by atoms with Crippen molar-refractivity contribution < 1.29 is 14.6 Å². The van der Waals surface area contributed by atoms with Gasteiger partial charge >= 0.3 is 11.7 Å². The van der Waals surface area contributed by atoms with E-state index in [-0.39, 0.29) is 22.0 Å². The maximum absolute atomic E-state index is 11.9. The second-order valence-electron chi connectivity index (χ2n) is 4.45. The third-order valence-corrected chi connectivity index (χ3v) is 4.04. The van der Waals surface area contributed by atoms with Crippen molar-refractivity contribution in [2.24, 2.45) is 0 Å². The van der Waals surface area contributed by atoms with Crippen LogP contribution in [0.1, 0.15) is 11.6 Å². The number of hydrogen-bond donors (Lipinski definition) is 1. The summed E-state index contributed by atoms with van der Waals surface area (Å²) in [6, 6.07) is 3.88. The van der Waals surface area contributed by atoms with Crippen molar-refractivity contribution in [1.82, 2.24) is 10.2 Å². The van der Waals surface area contributed by atoms with E-state index in [9.17, 15) is 25.0 Å². The quantitative estimate of drug-likeness (QED) is 0.669. The summed E-state index contributed by atoms with van der Waals surface area (Å²) in [6.45, 7) is 0. The second kappa shape index (κ2) is 6.02. The molecule has 1 atom stereocenters. The van der Waals surface area contributed by atoms with Crippen LogP contribution in [0, 0.1) is 20.2 Å². The summed E-state index contributed by atoms with van der Waals surface area (Å²) in [6.07, 6.45) is 1.62. The average Bonchev–Trinajstić information content (AvgIpc) is 2.49. The van der Waals surface area contributed by atoms with Gasteiger partial charge in [0.25, 0.3) is 5.69 Å². The molecule has 0 aromatic heterocycles. The number of nitrogens with one attached hydrogen (secondary N) is 1. The van der Waals surface area contributed by atoms with Gasteiger partial charge in [0.2, 0.25) is 0 Å². The summed E-state index contributed by atoms with van der Waals surface area (Å²) in [5.74, 6) is 0. The minimum absolute atomic E-state index is 0.195. The van der Waals surface area contributed by atoms with E-state index in [0.29, 0.717) is 0 Å². The van der Waals surface area contributed by atoms with Gasteiger partial charge in [0.05, 0.1) is 9.85 Å². The molecule has 0 fully saturated rings. The topological polar surface area (TPSA) is 119 Å². The highest BCUT2D eigenvalue weighted by atomic mass is 32.2. The molecule has 0 unspecified atom stereocenters. The van der Waals surface area contributed by atoms with Gasteiger partial charge in [-0.3, -0.25) is 25.1 Å². The lowest BCUT2D eigenvalue weighted by atomic mass is 10.0. The Labute approximate surface area is 129 Å². The van der Waals surface area contributed by atoms with Crippen molar-refractivity contribution in [1.29, 1.82) is 0 Å². The van der Waals surface area contributed by atoms with Crippen LogP contribution in [0.4, 0.5) is 10.5 Å². The Morgan fingerprint density at radius 3 is 2.50 bits per heavy atom. The number of nitro groups is 2. The molecule has 1 aliphatic heterocycles. The lowest BCUT2D eigenvalue weighted by Gasteiger charge is -2.29. The smallest absolute Gasteiger partial charge is 0.321 e. The van der Waals surface area contributed by atoms with E-state index in [1.165, 1.54) is 31.3 Å². The number of benzene rings is 1. The van der Waals surface area contributed by atoms with Crippen LogP contribution in [0.5, 0.6) is 0 Å². The molecule has 0 saturated carbocycles. The van der Waals surface area contributed by atoms with Crippen molar-refractivity contribution in [3.63, 3.8) is 0 Å². The van der Waals surface area contributed by atoms with Gasteiger partial charge in [0, 0.05) is 19.2 Å². The van der Waals surface area contributed by atoms with Crippen LogP contribution in [0.2, 0.25) is 0 Å². The number of nitrogens with zero attached hydrogens (tertiary/aromatic N) is 3. The van der Waals surface area contributed by atoms with Crippen molar-refractivity contribution >= 4 is 23.5 Å². The first-order valence-corrected chi connectivity index (χ1v) is 7.30. The highest BCUT2D eigenvalue weighted by molar-refractivity contribution is 8.02. The zero-order chi connectivity index (χ0) is 16.4. The number of rotatable bonds is 4. The Hall–Kier alpha value is -2.62. The van der Waals surface area contributed by atoms with E-state index in [0.717, 1.165) is 16.7 Å². The second-order valence-corrected chi connectivity index (χ2v) is 5.24. The predicted octanol–water partition coefficient (Wildman–Crippen LogP) is 2.10. The zero-order valence-electron chi connectivity index (χ0n) is 11.7. The fourth-order valence-corrected chi connectivity index (χ4v) is 2.92. The minimum Gasteiger partial charge on any atom is -0.321 e. The molecule has 0 bridgehead atoms. The van der Waals surface area contributed by atoms with Crippen molar-refractivity contribution in [3.8, 4) is 0 Å². The molecule has 1 aliphatic rings. The molecule has 1 aromatic carbocycles. The molecule has 1 heterocycles. The SMILES string of the molecule is CSC1=C([N+](=O)[O-])[C@@H](c2cccc([N+](=O)[O-])c2)NC(=O)N1C. The first-order chi connectivity index (χ1) is 10.4. The number of thioether (sulfide) groups is 1. The van der Waals surface area contributed by atoms with Crippen LogP contribution in [0.25, 0.3) is 0 Å². The molecule has 0 aliphatic carbocycles. The largest absolute Gasteiger partial charge is 0.323 e. The van der Waals surface area contributed by atoms with Gasteiger partial charge in [0.15, 0.2) is 5.03 Å². The summed E-state index contributed by atoms with van der Waals surface area (Å²) >= 11 is 1.07. The standard InChI is InChI=1S/C12H12N4O5S/c1-14-11(22-2)10(16(20)21)9(13-12(14)17)7-4-3-5-8(6-7)15(18)19/h3-6,9H,1-2H3,(H,13,17)/t9-/m1/s1. The van der Waals surface area contributed by atoms with Gasteiger partial charge in [0.1, 0.15) is 6.04 Å². The molecule has 1 N–H and O–H groups in total. The number of amides is 2. The average molecular weight is 324 g/mol. The van der Waals surface area contributed by atoms with E-state index in [1.807, 2.05) is 0 Å². The van der Waals surface area contributed by atoms with Gasteiger partial charge < -0.3 is 5.32 Å². The number of nitro benzene ring substituents is 1. The first kappa shape index (κ1) is 15.8. The number of carbonyl (C=O) groups is 1. The molecule has 0 radical (unpaired) electrons. The van der Waals surface area contributed by atoms with Gasteiger partial charge in [-0.15, -0.1) is 11.8 Å². The van der Waals surface area contributed by atoms with Crippen molar-refractivity contribution in [2.45, 2.75) is 6.04 Å². The maximum Gasteiger partial charge on any atom is 0.323 e. The number of non-ortho nitro benzene ring substituents is 1. The van der Waals surface area contributed by atoms with E-state index >= 15 is 0 Å². The Morgan fingerprint density at radius 2 is 1.95 bits per heavy atom. The molecular formula is C12H12N4O5S. The van der Waals surface area contributed by atoms with Gasteiger partial charge in [-0.25, -0.2) is 4.79 Å². The first-order valence-electron chi connectivity index (χ1n) is 6.08. The Kier molecular flexibility index (Phi) is 4.31. The van der Waals surface area contributed by atoms with Crippen LogP contribution in [0.15, 0.2) is 35.0 Å². The van der Waals surface area contributed by atoms with Gasteiger partial charge in [-0.2, -0.15) is 0 Å². The van der Waals surface area contributed by atoms with Crippen LogP contribution in [0.3, 0.4) is 0 Å². The summed E-state index contributed by atoms with van der Waals surface area (Å²) in [5.41, 5.74) is -0.122. The highest BCUT2D eigenvalue weighted by Crippen LogP contribution is 2.35. The molecular weight excluding hydrogens is 312 g/mol. The highest BCUT2D eigenvalue weighted by Gasteiger charge is 2.40. The van der Waals surface area contributed by atoms with Gasteiger partial charge in [-0.1, -0.05) is 12.1 Å². The Morgan fingerprint density at radius 1 is 1.27 bits per heavy atom. The molecule has 9 nitrogen and oxygen atoms in total. The summed E-state index contributed by atoms with van der Waals surface area (Å²) < 4.78 is 0. The Bertz CT molecular complexity index is 690. The lowest BCUT2D eigenvalue weighted by molar-refractivity contribution is -0.432. The maximum atomic E-state index is 11.9. The van der Waals surface area contributed by atoms with E-state index in [4.69, 9.17) is 0 Å². The molecule has 2 amide bonds. The van der Waals surface area contributed by atoms with E-state index in [1.54, 1.807) is 6.26 Å². The van der Waals surface area contributed by atoms with E-state index in [2.05, 4.69) is 5.32 Å². The summed E-state index contributed by atoms with van der Waals surface area (Å²) in [4.78, 5) is 34.2. The molecule has 116 valence electrons. The summed E-state index contributed by atoms with van der Waals surface area (Å²) in [5, 5.41) is 24.9. The van der Waals surface area contributed by atoms with Crippen LogP contribution < -0.4 is 5.32 Å². The molecule has 2 rings (SSSR count). The molecule has 10 heteroatoms. The lowest BCUT2D eigenvalue weighted by Crippen LogP contribution is -2.45. The minimum atomic E-state index is -1.04. The van der Waals surface area contributed by atoms with E-state index < -0.39 is 21.9 Å². The Balaban J connectivity index is 2.59. The van der Waals surface area contributed by atoms with Crippen LogP contribution in [-0.2, 0) is 0 Å². The number of carbonyl (C=O) groups excluding carboxylic acids is 1. The molecule has 0 saturated heterocycles. The molecule has 0 spiro atoms. The molecule has 22 heavy (non-hydrogen) atoms. The summed E-state index contributed by atoms with van der Waals surface area (Å²) in [7, 11) is 1.42. The third kappa shape index (κ3) is 2.72. The van der Waals surface area contributed by atoms with Crippen molar-refractivity contribution in [2.75, 3.05) is 13.3 Å². The van der Waals surface area contributed by atoms with Crippen molar-refractivity contribution in [3.05, 3.63) is 60.8 Å². The van der Waals surface area contributed by atoms with Crippen LogP contribution >= 0.6 is 11.8 Å². The predicted molar refractivity (Wildman–Crippen MR) is 79.7 cm³/mol. The fraction of sp³-hybridized carbons (Fsp3) is 0.250. The molecule has 1 aromatic rings. The van der Waals surface area contributed by atoms with Gasteiger partial charge in [-0.05, 0) is 11.8 Å². The number of urea groups is 1. The monoisotopic (exact) mass is 324 g/mol. The third-order valence-electron chi connectivity index (χ3n) is 3.17. The fourth-order valence-electron chi connectivity index (χ4n) is 2.16. The van der Waals surface area contributed by atoms with Crippen LogP contribution in [-0.4, -0.2) is 34.1 Å². The normalized spacial score (nSPS) is 18.2. The number of hydrogen-bond acceptors (Lipinski definition) is 6.